The van der Waals surface area contributed by atoms with Crippen LogP contribution in [0.15, 0.2) is 0 Å². The van der Waals surface area contributed by atoms with E-state index in [1.54, 1.807) is 13.8 Å². The van der Waals surface area contributed by atoms with Crippen molar-refractivity contribution in [3.05, 3.63) is 0 Å². The molecule has 0 aliphatic heterocycles. The van der Waals surface area contributed by atoms with Gasteiger partial charge < -0.3 is 31.9 Å². The summed E-state index contributed by atoms with van der Waals surface area (Å²) < 4.78 is 0. The van der Waals surface area contributed by atoms with Gasteiger partial charge in [-0.25, -0.2) is 4.79 Å². The number of aliphatic hydroxyl groups is 1. The Morgan fingerprint density at radius 3 is 1.71 bits per heavy atom. The Balaban J connectivity index is 4.99. The van der Waals surface area contributed by atoms with Crippen molar-refractivity contribution >= 4 is 23.7 Å². The Labute approximate surface area is 165 Å². The Kier molecular flexibility index (Phi) is 10.7. The van der Waals surface area contributed by atoms with Crippen LogP contribution in [-0.2, 0) is 19.2 Å². The van der Waals surface area contributed by atoms with Crippen LogP contribution >= 0.6 is 0 Å². The maximum Gasteiger partial charge on any atom is 0.328 e. The second-order valence-corrected chi connectivity index (χ2v) is 7.76. The first kappa shape index (κ1) is 25.8. The van der Waals surface area contributed by atoms with Crippen LogP contribution in [0.1, 0.15) is 48.0 Å². The van der Waals surface area contributed by atoms with E-state index >= 15 is 0 Å². The average Bonchev–Trinajstić information content (AvgIpc) is 2.55. The van der Waals surface area contributed by atoms with Crippen molar-refractivity contribution in [3.63, 3.8) is 0 Å². The van der Waals surface area contributed by atoms with Gasteiger partial charge in [-0.15, -0.1) is 0 Å². The summed E-state index contributed by atoms with van der Waals surface area (Å²) in [5.41, 5.74) is 5.79. The summed E-state index contributed by atoms with van der Waals surface area (Å²) in [6.45, 7) is 9.88. The fraction of sp³-hybridized carbons (Fsp3) is 0.778. The highest BCUT2D eigenvalue weighted by Crippen LogP contribution is 2.06. The van der Waals surface area contributed by atoms with Crippen molar-refractivity contribution in [3.8, 4) is 0 Å². The molecule has 0 radical (unpaired) electrons. The predicted octanol–water partition coefficient (Wildman–Crippen LogP) is -1.04. The van der Waals surface area contributed by atoms with Crippen molar-refractivity contribution in [1.29, 1.82) is 0 Å². The number of aliphatic hydroxyl groups excluding tert-OH is 1. The Bertz CT molecular complexity index is 564. The summed E-state index contributed by atoms with van der Waals surface area (Å²) in [5.74, 6) is -3.36. The molecular formula is C18H34N4O6. The summed E-state index contributed by atoms with van der Waals surface area (Å²) in [4.78, 5) is 48.0. The van der Waals surface area contributed by atoms with Gasteiger partial charge in [0.15, 0.2) is 6.04 Å². The minimum absolute atomic E-state index is 0.218. The molecule has 0 heterocycles. The van der Waals surface area contributed by atoms with Gasteiger partial charge in [-0.3, -0.25) is 14.4 Å². The molecule has 5 atom stereocenters. The molecule has 0 aliphatic rings. The Morgan fingerprint density at radius 2 is 1.32 bits per heavy atom. The zero-order valence-corrected chi connectivity index (χ0v) is 17.4. The topological polar surface area (TPSA) is 171 Å². The van der Waals surface area contributed by atoms with E-state index in [4.69, 9.17) is 10.8 Å². The van der Waals surface area contributed by atoms with E-state index < -0.39 is 54.0 Å². The van der Waals surface area contributed by atoms with Crippen LogP contribution in [0.2, 0.25) is 0 Å². The summed E-state index contributed by atoms with van der Waals surface area (Å²) in [5, 5.41) is 25.8. The molecule has 0 fully saturated rings. The normalized spacial score (nSPS) is 16.6. The summed E-state index contributed by atoms with van der Waals surface area (Å²) in [6, 6.07) is -4.23. The number of carbonyl (C=O) groups is 4. The SMILES string of the molecule is CC(C)CC(N)C(=O)NC(C)C(=O)NC(C(=O)NC(C(=O)O)C(C)O)C(C)C. The highest BCUT2D eigenvalue weighted by Gasteiger charge is 2.32. The highest BCUT2D eigenvalue weighted by molar-refractivity contribution is 5.94. The third-order valence-corrected chi connectivity index (χ3v) is 4.11. The lowest BCUT2D eigenvalue weighted by Gasteiger charge is -2.26. The first-order chi connectivity index (χ1) is 12.8. The lowest BCUT2D eigenvalue weighted by Crippen LogP contribution is -2.59. The number of carboxylic acid groups (broad SMARTS) is 1. The molecule has 0 rings (SSSR count). The van der Waals surface area contributed by atoms with Gasteiger partial charge in [-0.05, 0) is 32.1 Å². The van der Waals surface area contributed by atoms with Crippen molar-refractivity contribution in [1.82, 2.24) is 16.0 Å². The second-order valence-electron chi connectivity index (χ2n) is 7.76. The molecule has 0 aromatic rings. The summed E-state index contributed by atoms with van der Waals surface area (Å²) >= 11 is 0. The molecule has 0 aromatic carbocycles. The van der Waals surface area contributed by atoms with Crippen LogP contribution in [-0.4, -0.2) is 64.2 Å². The van der Waals surface area contributed by atoms with E-state index in [1.807, 2.05) is 13.8 Å². The first-order valence-corrected chi connectivity index (χ1v) is 9.35. The molecule has 0 spiro atoms. The molecular weight excluding hydrogens is 368 g/mol. The molecule has 10 heteroatoms. The quantitative estimate of drug-likeness (QED) is 0.256. The van der Waals surface area contributed by atoms with E-state index in [9.17, 15) is 24.3 Å². The molecule has 0 saturated carbocycles. The fourth-order valence-electron chi connectivity index (χ4n) is 2.45. The molecule has 28 heavy (non-hydrogen) atoms. The number of nitrogens with one attached hydrogen (secondary N) is 3. The van der Waals surface area contributed by atoms with Gasteiger partial charge in [0.1, 0.15) is 12.1 Å². The zero-order chi connectivity index (χ0) is 22.2. The third-order valence-electron chi connectivity index (χ3n) is 4.11. The van der Waals surface area contributed by atoms with Gasteiger partial charge in [-0.2, -0.15) is 0 Å². The van der Waals surface area contributed by atoms with Crippen LogP contribution in [0.3, 0.4) is 0 Å². The monoisotopic (exact) mass is 402 g/mol. The van der Waals surface area contributed by atoms with Gasteiger partial charge in [-0.1, -0.05) is 27.7 Å². The lowest BCUT2D eigenvalue weighted by molar-refractivity contribution is -0.145. The largest absolute Gasteiger partial charge is 0.480 e. The number of carbonyl (C=O) groups excluding carboxylic acids is 3. The maximum atomic E-state index is 12.4. The van der Waals surface area contributed by atoms with Crippen LogP contribution in [0.25, 0.3) is 0 Å². The summed E-state index contributed by atoms with van der Waals surface area (Å²) in [6.07, 6.45) is -0.849. The van der Waals surface area contributed by atoms with E-state index in [0.29, 0.717) is 6.42 Å². The van der Waals surface area contributed by atoms with Crippen molar-refractivity contribution in [2.75, 3.05) is 0 Å². The number of aliphatic carboxylic acids is 1. The molecule has 0 saturated heterocycles. The number of amides is 3. The molecule has 5 unspecified atom stereocenters. The van der Waals surface area contributed by atoms with Crippen LogP contribution in [0, 0.1) is 11.8 Å². The predicted molar refractivity (Wildman–Crippen MR) is 103 cm³/mol. The van der Waals surface area contributed by atoms with Gasteiger partial charge in [0.2, 0.25) is 17.7 Å². The molecule has 0 bridgehead atoms. The third kappa shape index (κ3) is 8.66. The molecule has 10 nitrogen and oxygen atoms in total. The van der Waals surface area contributed by atoms with Crippen LogP contribution < -0.4 is 21.7 Å². The lowest BCUT2D eigenvalue weighted by atomic mass is 10.0. The Morgan fingerprint density at radius 1 is 0.821 bits per heavy atom. The minimum Gasteiger partial charge on any atom is -0.480 e. The van der Waals surface area contributed by atoms with Crippen LogP contribution in [0.4, 0.5) is 0 Å². The van der Waals surface area contributed by atoms with E-state index in [2.05, 4.69) is 16.0 Å². The van der Waals surface area contributed by atoms with Gasteiger partial charge in [0, 0.05) is 0 Å². The second kappa shape index (κ2) is 11.6. The highest BCUT2D eigenvalue weighted by atomic mass is 16.4. The number of hydrogen-bond donors (Lipinski definition) is 6. The number of carboxylic acids is 1. The van der Waals surface area contributed by atoms with Gasteiger partial charge in [0.05, 0.1) is 12.1 Å². The first-order valence-electron chi connectivity index (χ1n) is 9.35. The van der Waals surface area contributed by atoms with Gasteiger partial charge in [0.25, 0.3) is 0 Å². The maximum absolute atomic E-state index is 12.4. The molecule has 7 N–H and O–H groups in total. The van der Waals surface area contributed by atoms with Crippen molar-refractivity contribution in [2.45, 2.75) is 78.2 Å². The van der Waals surface area contributed by atoms with E-state index in [-0.39, 0.29) is 11.8 Å². The standard InChI is InChI=1S/C18H34N4O6/c1-8(2)7-12(19)16(25)20-10(5)15(24)21-13(9(3)4)17(26)22-14(11(6)23)18(27)28/h8-14,23H,7,19H2,1-6H3,(H,20,25)(H,21,24)(H,22,26)(H,27,28). The number of nitrogens with two attached hydrogens (primary N) is 1. The molecule has 0 aliphatic carbocycles. The smallest absolute Gasteiger partial charge is 0.328 e. The van der Waals surface area contributed by atoms with Crippen LogP contribution in [0.5, 0.6) is 0 Å². The number of rotatable bonds is 11. The van der Waals surface area contributed by atoms with Crippen molar-refractivity contribution < 1.29 is 29.4 Å². The molecule has 3 amide bonds. The van der Waals surface area contributed by atoms with E-state index in [1.165, 1.54) is 13.8 Å². The molecule has 162 valence electrons. The minimum atomic E-state index is -1.50. The van der Waals surface area contributed by atoms with Gasteiger partial charge >= 0.3 is 5.97 Å². The molecule has 0 aromatic heterocycles. The Hall–Kier alpha value is -2.20. The fourth-order valence-corrected chi connectivity index (χ4v) is 2.45. The zero-order valence-electron chi connectivity index (χ0n) is 17.4. The average molecular weight is 402 g/mol. The summed E-state index contributed by atoms with van der Waals surface area (Å²) in [7, 11) is 0. The van der Waals surface area contributed by atoms with E-state index in [0.717, 1.165) is 0 Å². The number of hydrogen-bond acceptors (Lipinski definition) is 6. The van der Waals surface area contributed by atoms with Crippen molar-refractivity contribution in [2.24, 2.45) is 17.6 Å².